The van der Waals surface area contributed by atoms with Gasteiger partial charge in [-0.2, -0.15) is 0 Å². The number of benzene rings is 1. The van der Waals surface area contributed by atoms with E-state index in [1.165, 1.54) is 6.42 Å². The van der Waals surface area contributed by atoms with E-state index in [0.717, 1.165) is 30.2 Å². The summed E-state index contributed by atoms with van der Waals surface area (Å²) in [5.74, 6) is 1.65. The molecule has 22 heavy (non-hydrogen) atoms. The van der Waals surface area contributed by atoms with Crippen LogP contribution in [0.15, 0.2) is 36.5 Å². The van der Waals surface area contributed by atoms with Crippen LogP contribution < -0.4 is 15.4 Å². The average Bonchev–Trinajstić information content (AvgIpc) is 2.47. The Labute approximate surface area is 130 Å². The van der Waals surface area contributed by atoms with Crippen molar-refractivity contribution in [2.45, 2.75) is 13.3 Å². The van der Waals surface area contributed by atoms with Gasteiger partial charge in [-0.3, -0.25) is 5.41 Å². The zero-order chi connectivity index (χ0) is 15.5. The molecule has 3 N–H and O–H groups in total. The minimum atomic E-state index is 0.392. The second kappa shape index (κ2) is 6.05. The van der Waals surface area contributed by atoms with Crippen molar-refractivity contribution in [1.29, 1.82) is 5.41 Å². The van der Waals surface area contributed by atoms with Crippen LogP contribution in [-0.4, -0.2) is 30.4 Å². The third kappa shape index (κ3) is 2.74. The van der Waals surface area contributed by atoms with Crippen molar-refractivity contribution in [3.05, 3.63) is 47.7 Å². The number of aromatic nitrogens is 1. The maximum absolute atomic E-state index is 8.47. The molecule has 5 heteroatoms. The smallest absolute Gasteiger partial charge is 0.129 e. The maximum Gasteiger partial charge on any atom is 0.129 e. The van der Waals surface area contributed by atoms with Gasteiger partial charge in [-0.05, 0) is 43.7 Å². The molecule has 0 saturated carbocycles. The van der Waals surface area contributed by atoms with E-state index >= 15 is 0 Å². The highest BCUT2D eigenvalue weighted by molar-refractivity contribution is 6.14. The Balaban J connectivity index is 1.91. The molecule has 5 nitrogen and oxygen atoms in total. The number of nitrogens with one attached hydrogen (secondary N) is 1. The molecule has 0 amide bonds. The lowest BCUT2D eigenvalue weighted by atomic mass is 10.0. The van der Waals surface area contributed by atoms with Crippen molar-refractivity contribution in [3.63, 3.8) is 0 Å². The van der Waals surface area contributed by atoms with Crippen molar-refractivity contribution >= 4 is 17.2 Å². The lowest BCUT2D eigenvalue weighted by Crippen LogP contribution is -2.37. The summed E-state index contributed by atoms with van der Waals surface area (Å²) in [6.45, 7) is 4.59. The standard InChI is InChI=1S/C17H20N4O/c1-2-22-13-4-5-15(18)14(11-13)17(19)12-6-7-20-16(10-12)21-8-3-9-21/h4-7,10-11,19H,2-3,8-9,18H2,1H3. The molecule has 0 unspecified atom stereocenters. The second-order valence-corrected chi connectivity index (χ2v) is 5.30. The zero-order valence-electron chi connectivity index (χ0n) is 12.7. The van der Waals surface area contributed by atoms with E-state index in [0.29, 0.717) is 23.6 Å². The topological polar surface area (TPSA) is 75.2 Å². The van der Waals surface area contributed by atoms with Crippen LogP contribution in [0, 0.1) is 5.41 Å². The Kier molecular flexibility index (Phi) is 3.96. The minimum absolute atomic E-state index is 0.392. The van der Waals surface area contributed by atoms with Crippen LogP contribution in [0.2, 0.25) is 0 Å². The van der Waals surface area contributed by atoms with Crippen LogP contribution in [0.3, 0.4) is 0 Å². The molecular weight excluding hydrogens is 276 g/mol. The fourth-order valence-electron chi connectivity index (χ4n) is 2.46. The minimum Gasteiger partial charge on any atom is -0.494 e. The molecule has 0 radical (unpaired) electrons. The van der Waals surface area contributed by atoms with E-state index in [1.807, 2.05) is 31.2 Å². The first-order valence-electron chi connectivity index (χ1n) is 7.51. The lowest BCUT2D eigenvalue weighted by Gasteiger charge is -2.32. The predicted molar refractivity (Wildman–Crippen MR) is 89.0 cm³/mol. The number of pyridine rings is 1. The third-order valence-corrected chi connectivity index (χ3v) is 3.82. The molecule has 0 aliphatic carbocycles. The first kappa shape index (κ1) is 14.4. The van der Waals surface area contributed by atoms with Crippen LogP contribution in [0.25, 0.3) is 0 Å². The van der Waals surface area contributed by atoms with Gasteiger partial charge in [0.2, 0.25) is 0 Å². The van der Waals surface area contributed by atoms with Crippen molar-refractivity contribution in [1.82, 2.24) is 4.98 Å². The molecule has 1 saturated heterocycles. The molecular formula is C17H20N4O. The number of nitrogen functional groups attached to an aromatic ring is 1. The largest absolute Gasteiger partial charge is 0.494 e. The predicted octanol–water partition coefficient (Wildman–Crippen LogP) is 2.69. The summed E-state index contributed by atoms with van der Waals surface area (Å²) in [5.41, 5.74) is 8.51. The Bertz CT molecular complexity index is 695. The van der Waals surface area contributed by atoms with E-state index in [9.17, 15) is 0 Å². The molecule has 2 aromatic rings. The molecule has 1 aromatic carbocycles. The normalized spacial score (nSPS) is 13.6. The number of ether oxygens (including phenoxy) is 1. The Morgan fingerprint density at radius 3 is 2.82 bits per heavy atom. The van der Waals surface area contributed by atoms with E-state index < -0.39 is 0 Å². The molecule has 1 fully saturated rings. The second-order valence-electron chi connectivity index (χ2n) is 5.30. The van der Waals surface area contributed by atoms with Crippen LogP contribution in [0.4, 0.5) is 11.5 Å². The summed E-state index contributed by atoms with van der Waals surface area (Å²) < 4.78 is 5.50. The number of hydrogen-bond acceptors (Lipinski definition) is 5. The summed E-state index contributed by atoms with van der Waals surface area (Å²) in [6.07, 6.45) is 2.95. The summed E-state index contributed by atoms with van der Waals surface area (Å²) in [5, 5.41) is 8.47. The quantitative estimate of drug-likeness (QED) is 0.657. The number of nitrogens with zero attached hydrogens (tertiary/aromatic N) is 2. The first-order chi connectivity index (χ1) is 10.7. The van der Waals surface area contributed by atoms with E-state index in [-0.39, 0.29) is 0 Å². The molecule has 114 valence electrons. The fraction of sp³-hybridized carbons (Fsp3) is 0.294. The van der Waals surface area contributed by atoms with Crippen molar-refractivity contribution < 1.29 is 4.74 Å². The third-order valence-electron chi connectivity index (χ3n) is 3.82. The summed E-state index contributed by atoms with van der Waals surface area (Å²) >= 11 is 0. The summed E-state index contributed by atoms with van der Waals surface area (Å²) in [7, 11) is 0. The van der Waals surface area contributed by atoms with Crippen molar-refractivity contribution in [2.24, 2.45) is 0 Å². The van der Waals surface area contributed by atoms with Gasteiger partial charge in [-0.25, -0.2) is 4.98 Å². The first-order valence-corrected chi connectivity index (χ1v) is 7.51. The van der Waals surface area contributed by atoms with Gasteiger partial charge in [0, 0.05) is 36.1 Å². The molecule has 2 heterocycles. The van der Waals surface area contributed by atoms with E-state index in [4.69, 9.17) is 15.9 Å². The molecule has 1 aromatic heterocycles. The van der Waals surface area contributed by atoms with Crippen LogP contribution in [-0.2, 0) is 0 Å². The Morgan fingerprint density at radius 1 is 1.32 bits per heavy atom. The van der Waals surface area contributed by atoms with Crippen molar-refractivity contribution in [3.8, 4) is 5.75 Å². The highest BCUT2D eigenvalue weighted by Gasteiger charge is 2.17. The Morgan fingerprint density at radius 2 is 2.14 bits per heavy atom. The van der Waals surface area contributed by atoms with Gasteiger partial charge in [0.25, 0.3) is 0 Å². The Hall–Kier alpha value is -2.56. The fourth-order valence-corrected chi connectivity index (χ4v) is 2.46. The molecule has 0 spiro atoms. The molecule has 0 bridgehead atoms. The van der Waals surface area contributed by atoms with Gasteiger partial charge >= 0.3 is 0 Å². The molecule has 0 atom stereocenters. The molecule has 1 aliphatic heterocycles. The number of hydrogen-bond donors (Lipinski definition) is 2. The van der Waals surface area contributed by atoms with Crippen LogP contribution in [0.1, 0.15) is 24.5 Å². The van der Waals surface area contributed by atoms with Gasteiger partial charge in [-0.1, -0.05) is 0 Å². The number of nitrogens with two attached hydrogens (primary N) is 1. The average molecular weight is 296 g/mol. The summed E-state index contributed by atoms with van der Waals surface area (Å²) in [4.78, 5) is 6.59. The lowest BCUT2D eigenvalue weighted by molar-refractivity contribution is 0.340. The van der Waals surface area contributed by atoms with Gasteiger partial charge in [0.05, 0.1) is 12.3 Å². The van der Waals surface area contributed by atoms with E-state index in [1.54, 1.807) is 12.3 Å². The zero-order valence-corrected chi connectivity index (χ0v) is 12.7. The van der Waals surface area contributed by atoms with E-state index in [2.05, 4.69) is 9.88 Å². The van der Waals surface area contributed by atoms with Gasteiger partial charge in [0.1, 0.15) is 11.6 Å². The maximum atomic E-state index is 8.47. The number of anilines is 2. The highest BCUT2D eigenvalue weighted by Crippen LogP contribution is 2.25. The van der Waals surface area contributed by atoms with Crippen LogP contribution in [0.5, 0.6) is 5.75 Å². The van der Waals surface area contributed by atoms with Gasteiger partial charge in [-0.15, -0.1) is 0 Å². The number of rotatable bonds is 5. The molecule has 3 rings (SSSR count). The molecule has 1 aliphatic rings. The van der Waals surface area contributed by atoms with Gasteiger partial charge < -0.3 is 15.4 Å². The van der Waals surface area contributed by atoms with Crippen LogP contribution >= 0.6 is 0 Å². The SMILES string of the molecule is CCOc1ccc(N)c(C(=N)c2ccnc(N3CCC3)c2)c1. The van der Waals surface area contributed by atoms with Gasteiger partial charge in [0.15, 0.2) is 0 Å². The monoisotopic (exact) mass is 296 g/mol. The summed E-state index contributed by atoms with van der Waals surface area (Å²) in [6, 6.07) is 9.23. The van der Waals surface area contributed by atoms with Crippen molar-refractivity contribution in [2.75, 3.05) is 30.3 Å². The highest BCUT2D eigenvalue weighted by atomic mass is 16.5.